The molecular formula is C24H22N4O3. The highest BCUT2D eigenvalue weighted by Gasteiger charge is 2.13. The van der Waals surface area contributed by atoms with E-state index >= 15 is 0 Å². The second-order valence-electron chi connectivity index (χ2n) is 6.92. The summed E-state index contributed by atoms with van der Waals surface area (Å²) in [4.78, 5) is 16.9. The minimum Gasteiger partial charge on any atom is -0.496 e. The summed E-state index contributed by atoms with van der Waals surface area (Å²) in [7, 11) is 1.60. The Hall–Kier alpha value is -4.13. The number of nitrogens with one attached hydrogen (secondary N) is 2. The van der Waals surface area contributed by atoms with Crippen LogP contribution in [0.1, 0.15) is 21.8 Å². The molecule has 4 aromatic rings. The molecule has 0 fully saturated rings. The molecule has 1 heterocycles. The number of carbonyl (C=O) groups excluding carboxylic acids is 1. The van der Waals surface area contributed by atoms with Crippen LogP contribution in [0.2, 0.25) is 0 Å². The van der Waals surface area contributed by atoms with Gasteiger partial charge in [0.25, 0.3) is 5.91 Å². The van der Waals surface area contributed by atoms with Crippen LogP contribution >= 0.6 is 0 Å². The Kier molecular flexibility index (Phi) is 5.93. The van der Waals surface area contributed by atoms with Gasteiger partial charge in [-0.2, -0.15) is 4.98 Å². The van der Waals surface area contributed by atoms with Gasteiger partial charge in [-0.1, -0.05) is 41.6 Å². The molecule has 1 aromatic heterocycles. The molecular weight excluding hydrogens is 392 g/mol. The fraction of sp³-hybridized carbons (Fsp3) is 0.125. The van der Waals surface area contributed by atoms with E-state index in [1.54, 1.807) is 19.2 Å². The zero-order chi connectivity index (χ0) is 21.6. The number of anilines is 2. The first-order valence-electron chi connectivity index (χ1n) is 9.81. The van der Waals surface area contributed by atoms with Gasteiger partial charge in [0.1, 0.15) is 5.75 Å². The zero-order valence-electron chi connectivity index (χ0n) is 17.3. The minimum atomic E-state index is -0.159. The number of aromatic nitrogens is 2. The van der Waals surface area contributed by atoms with Crippen LogP contribution in [-0.2, 0) is 6.54 Å². The van der Waals surface area contributed by atoms with Gasteiger partial charge in [0.05, 0.1) is 19.2 Å². The van der Waals surface area contributed by atoms with Gasteiger partial charge < -0.3 is 19.9 Å². The minimum absolute atomic E-state index is 0.159. The molecule has 156 valence electrons. The molecule has 0 radical (unpaired) electrons. The Morgan fingerprint density at radius 1 is 1.03 bits per heavy atom. The number of para-hydroxylation sites is 1. The fourth-order valence-corrected chi connectivity index (χ4v) is 3.12. The van der Waals surface area contributed by atoms with E-state index < -0.39 is 0 Å². The van der Waals surface area contributed by atoms with Gasteiger partial charge in [0.2, 0.25) is 11.7 Å². The molecule has 0 saturated carbocycles. The van der Waals surface area contributed by atoms with Crippen molar-refractivity contribution < 1.29 is 14.1 Å². The van der Waals surface area contributed by atoms with Crippen molar-refractivity contribution >= 4 is 17.3 Å². The number of benzene rings is 3. The van der Waals surface area contributed by atoms with Crippen molar-refractivity contribution in [3.63, 3.8) is 0 Å². The fourth-order valence-electron chi connectivity index (χ4n) is 3.12. The van der Waals surface area contributed by atoms with Crippen molar-refractivity contribution in [2.45, 2.75) is 13.5 Å². The summed E-state index contributed by atoms with van der Waals surface area (Å²) in [6.45, 7) is 2.33. The number of rotatable bonds is 7. The van der Waals surface area contributed by atoms with Crippen molar-refractivity contribution in [1.29, 1.82) is 0 Å². The Morgan fingerprint density at radius 2 is 1.81 bits per heavy atom. The largest absolute Gasteiger partial charge is 0.496 e. The van der Waals surface area contributed by atoms with E-state index in [9.17, 15) is 4.79 Å². The molecule has 0 unspecified atom stereocenters. The second kappa shape index (κ2) is 9.13. The third-order valence-electron chi connectivity index (χ3n) is 4.78. The summed E-state index contributed by atoms with van der Waals surface area (Å²) in [6, 6.07) is 22.3. The molecule has 3 aromatic carbocycles. The summed E-state index contributed by atoms with van der Waals surface area (Å²) in [6.07, 6.45) is 0. The maximum atomic E-state index is 12.4. The van der Waals surface area contributed by atoms with Crippen LogP contribution in [0.3, 0.4) is 0 Å². The Morgan fingerprint density at radius 3 is 2.61 bits per heavy atom. The lowest BCUT2D eigenvalue weighted by Crippen LogP contribution is -2.12. The monoisotopic (exact) mass is 414 g/mol. The van der Waals surface area contributed by atoms with E-state index in [-0.39, 0.29) is 5.91 Å². The third kappa shape index (κ3) is 4.72. The first-order valence-corrected chi connectivity index (χ1v) is 9.81. The predicted molar refractivity (Wildman–Crippen MR) is 119 cm³/mol. The Labute approximate surface area is 180 Å². The van der Waals surface area contributed by atoms with Gasteiger partial charge in [-0.3, -0.25) is 4.79 Å². The summed E-state index contributed by atoms with van der Waals surface area (Å²) < 4.78 is 10.7. The van der Waals surface area contributed by atoms with Crippen LogP contribution in [0.5, 0.6) is 5.75 Å². The standard InChI is InChI=1S/C24H22N4O3/c1-16-12-13-18(26-24(29)17-8-4-3-5-9-17)14-20(16)25-15-22-27-23(28-31-22)19-10-6-7-11-21(19)30-2/h3-14,25H,15H2,1-2H3,(H,26,29). The number of methoxy groups -OCH3 is 1. The maximum absolute atomic E-state index is 12.4. The predicted octanol–water partition coefficient (Wildman–Crippen LogP) is 4.92. The summed E-state index contributed by atoms with van der Waals surface area (Å²) >= 11 is 0. The number of amides is 1. The molecule has 31 heavy (non-hydrogen) atoms. The molecule has 0 atom stereocenters. The Balaban J connectivity index is 1.45. The van der Waals surface area contributed by atoms with Crippen molar-refractivity contribution in [2.24, 2.45) is 0 Å². The molecule has 0 aliphatic heterocycles. The van der Waals surface area contributed by atoms with Crippen LogP contribution in [0.4, 0.5) is 11.4 Å². The lowest BCUT2D eigenvalue weighted by molar-refractivity contribution is 0.102. The van der Waals surface area contributed by atoms with E-state index in [0.29, 0.717) is 35.3 Å². The Bertz CT molecular complexity index is 1190. The summed E-state index contributed by atoms with van der Waals surface area (Å²) in [5, 5.41) is 10.3. The second-order valence-corrected chi connectivity index (χ2v) is 6.92. The van der Waals surface area contributed by atoms with Crippen molar-refractivity contribution in [1.82, 2.24) is 10.1 Å². The molecule has 7 nitrogen and oxygen atoms in total. The lowest BCUT2D eigenvalue weighted by atomic mass is 10.1. The van der Waals surface area contributed by atoms with Gasteiger partial charge in [0.15, 0.2) is 0 Å². The van der Waals surface area contributed by atoms with Gasteiger partial charge in [-0.25, -0.2) is 0 Å². The molecule has 0 spiro atoms. The van der Waals surface area contributed by atoms with Crippen molar-refractivity contribution in [3.8, 4) is 17.1 Å². The maximum Gasteiger partial charge on any atom is 0.255 e. The number of aryl methyl sites for hydroxylation is 1. The number of carbonyl (C=O) groups is 1. The third-order valence-corrected chi connectivity index (χ3v) is 4.78. The highest BCUT2D eigenvalue weighted by Crippen LogP contribution is 2.27. The van der Waals surface area contributed by atoms with Crippen LogP contribution < -0.4 is 15.4 Å². The first-order chi connectivity index (χ1) is 15.1. The van der Waals surface area contributed by atoms with E-state index in [2.05, 4.69) is 20.8 Å². The van der Waals surface area contributed by atoms with Crippen LogP contribution in [0.25, 0.3) is 11.4 Å². The highest BCUT2D eigenvalue weighted by atomic mass is 16.5. The van der Waals surface area contributed by atoms with Gasteiger partial charge >= 0.3 is 0 Å². The highest BCUT2D eigenvalue weighted by molar-refractivity contribution is 6.04. The molecule has 0 bridgehead atoms. The lowest BCUT2D eigenvalue weighted by Gasteiger charge is -2.11. The average molecular weight is 414 g/mol. The average Bonchev–Trinajstić information content (AvgIpc) is 3.28. The molecule has 0 saturated heterocycles. The zero-order valence-corrected chi connectivity index (χ0v) is 17.3. The van der Waals surface area contributed by atoms with Gasteiger partial charge in [0, 0.05) is 16.9 Å². The topological polar surface area (TPSA) is 89.3 Å². The van der Waals surface area contributed by atoms with E-state index in [1.807, 2.05) is 67.6 Å². The van der Waals surface area contributed by atoms with E-state index in [4.69, 9.17) is 9.26 Å². The van der Waals surface area contributed by atoms with E-state index in [0.717, 1.165) is 16.8 Å². The van der Waals surface area contributed by atoms with Crippen LogP contribution in [-0.4, -0.2) is 23.2 Å². The quantitative estimate of drug-likeness (QED) is 0.446. The normalized spacial score (nSPS) is 10.5. The number of hydrogen-bond donors (Lipinski definition) is 2. The molecule has 2 N–H and O–H groups in total. The van der Waals surface area contributed by atoms with Crippen LogP contribution in [0.15, 0.2) is 77.3 Å². The van der Waals surface area contributed by atoms with Crippen molar-refractivity contribution in [2.75, 3.05) is 17.7 Å². The van der Waals surface area contributed by atoms with Crippen LogP contribution in [0, 0.1) is 6.92 Å². The molecule has 4 rings (SSSR count). The SMILES string of the molecule is COc1ccccc1-c1noc(CNc2cc(NC(=O)c3ccccc3)ccc2C)n1. The van der Waals surface area contributed by atoms with E-state index in [1.165, 1.54) is 0 Å². The summed E-state index contributed by atoms with van der Waals surface area (Å²) in [5.41, 5.74) is 3.96. The molecule has 7 heteroatoms. The molecule has 1 amide bonds. The number of ether oxygens (including phenoxy) is 1. The number of nitrogens with zero attached hydrogens (tertiary/aromatic N) is 2. The van der Waals surface area contributed by atoms with Gasteiger partial charge in [-0.15, -0.1) is 0 Å². The smallest absolute Gasteiger partial charge is 0.255 e. The number of hydrogen-bond acceptors (Lipinski definition) is 6. The molecule has 0 aliphatic rings. The molecule has 0 aliphatic carbocycles. The summed E-state index contributed by atoms with van der Waals surface area (Å²) in [5.74, 6) is 1.43. The van der Waals surface area contributed by atoms with Gasteiger partial charge in [-0.05, 0) is 48.9 Å². The van der Waals surface area contributed by atoms with Crippen molar-refractivity contribution in [3.05, 3.63) is 89.8 Å². The first kappa shape index (κ1) is 20.2.